The zero-order valence-electron chi connectivity index (χ0n) is 10.3. The fourth-order valence-corrected chi connectivity index (χ4v) is 2.18. The summed E-state index contributed by atoms with van der Waals surface area (Å²) < 4.78 is 49.2. The quantitative estimate of drug-likeness (QED) is 0.723. The van der Waals surface area contributed by atoms with E-state index in [1.807, 2.05) is 0 Å². The van der Waals surface area contributed by atoms with Crippen LogP contribution in [0.5, 0.6) is 0 Å². The van der Waals surface area contributed by atoms with Crippen LogP contribution in [0.25, 0.3) is 0 Å². The summed E-state index contributed by atoms with van der Waals surface area (Å²) in [6.45, 7) is 2.95. The van der Waals surface area contributed by atoms with E-state index in [9.17, 15) is 18.0 Å². The van der Waals surface area contributed by atoms with E-state index in [1.54, 1.807) is 0 Å². The molecule has 0 atom stereocenters. The van der Waals surface area contributed by atoms with Gasteiger partial charge in [0.25, 0.3) is 0 Å². The van der Waals surface area contributed by atoms with Gasteiger partial charge in [-0.15, -0.1) is 0 Å². The lowest BCUT2D eigenvalue weighted by Crippen LogP contribution is -2.49. The summed E-state index contributed by atoms with van der Waals surface area (Å²) in [5.74, 6) is -1.80. The lowest BCUT2D eigenvalue weighted by molar-refractivity contribution is -0.218. The topological polar surface area (TPSA) is 38.8 Å². The zero-order chi connectivity index (χ0) is 13.6. The van der Waals surface area contributed by atoms with Crippen LogP contribution in [0.15, 0.2) is 0 Å². The van der Waals surface area contributed by atoms with Crippen molar-refractivity contribution in [2.75, 3.05) is 26.3 Å². The molecule has 2 saturated heterocycles. The van der Waals surface area contributed by atoms with Crippen LogP contribution in [-0.2, 0) is 14.3 Å². The first-order valence-corrected chi connectivity index (χ1v) is 5.82. The molecule has 0 bridgehead atoms. The Labute approximate surface area is 103 Å². The van der Waals surface area contributed by atoms with Gasteiger partial charge in [0.05, 0.1) is 19.8 Å². The zero-order valence-corrected chi connectivity index (χ0v) is 10.3. The molecule has 0 unspecified atom stereocenters. The number of alkyl halides is 3. The smallest absolute Gasteiger partial charge is 0.346 e. The summed E-state index contributed by atoms with van der Waals surface area (Å²) in [6.07, 6.45) is -4.14. The number of carbonyl (C=O) groups is 1. The van der Waals surface area contributed by atoms with Crippen molar-refractivity contribution in [3.8, 4) is 0 Å². The Bertz CT molecular complexity index is 348. The SMILES string of the molecule is CC(C)(C(=O)N1CCC2(C1)OCCO2)C(F)(F)F. The third-order valence-electron chi connectivity index (χ3n) is 3.54. The van der Waals surface area contributed by atoms with E-state index in [1.165, 1.54) is 4.90 Å². The molecule has 0 aliphatic carbocycles. The molecule has 0 saturated carbocycles. The number of likely N-dealkylation sites (tertiary alicyclic amines) is 1. The van der Waals surface area contributed by atoms with Gasteiger partial charge in [-0.2, -0.15) is 13.2 Å². The van der Waals surface area contributed by atoms with E-state index in [2.05, 4.69) is 0 Å². The van der Waals surface area contributed by atoms with Gasteiger partial charge in [-0.3, -0.25) is 4.79 Å². The van der Waals surface area contributed by atoms with Gasteiger partial charge in [0.1, 0.15) is 5.41 Å². The Morgan fingerprint density at radius 1 is 1.22 bits per heavy atom. The molecule has 0 aromatic heterocycles. The lowest BCUT2D eigenvalue weighted by Gasteiger charge is -2.31. The van der Waals surface area contributed by atoms with E-state index in [0.29, 0.717) is 19.6 Å². The van der Waals surface area contributed by atoms with Crippen LogP contribution in [0, 0.1) is 5.41 Å². The number of hydrogen-bond acceptors (Lipinski definition) is 3. The third kappa shape index (κ3) is 2.09. The third-order valence-corrected chi connectivity index (χ3v) is 3.54. The highest BCUT2D eigenvalue weighted by Gasteiger charge is 2.56. The van der Waals surface area contributed by atoms with Crippen molar-refractivity contribution in [3.05, 3.63) is 0 Å². The highest BCUT2D eigenvalue weighted by molar-refractivity contribution is 5.83. The van der Waals surface area contributed by atoms with Crippen molar-refractivity contribution in [2.24, 2.45) is 5.41 Å². The minimum Gasteiger partial charge on any atom is -0.346 e. The maximum atomic E-state index is 12.8. The summed E-state index contributed by atoms with van der Waals surface area (Å²) in [5, 5.41) is 0. The molecule has 104 valence electrons. The van der Waals surface area contributed by atoms with Crippen LogP contribution in [0.1, 0.15) is 20.3 Å². The fraction of sp³-hybridized carbons (Fsp3) is 0.909. The largest absolute Gasteiger partial charge is 0.402 e. The fourth-order valence-electron chi connectivity index (χ4n) is 2.18. The number of amides is 1. The first-order chi connectivity index (χ1) is 8.18. The molecule has 0 N–H and O–H groups in total. The Hall–Kier alpha value is -0.820. The second-order valence-electron chi connectivity index (χ2n) is 5.21. The van der Waals surface area contributed by atoms with Crippen LogP contribution in [0.2, 0.25) is 0 Å². The van der Waals surface area contributed by atoms with Gasteiger partial charge < -0.3 is 14.4 Å². The van der Waals surface area contributed by atoms with Crippen molar-refractivity contribution in [1.29, 1.82) is 0 Å². The number of ether oxygens (including phenoxy) is 2. The minimum atomic E-state index is -4.56. The first-order valence-electron chi connectivity index (χ1n) is 5.82. The summed E-state index contributed by atoms with van der Waals surface area (Å²) in [7, 11) is 0. The molecule has 0 aromatic rings. The molecular formula is C11H16F3NO3. The maximum absolute atomic E-state index is 12.8. The number of rotatable bonds is 1. The molecule has 2 aliphatic rings. The standard InChI is InChI=1S/C11H16F3NO3/c1-9(2,11(12,13)14)8(16)15-4-3-10(7-15)17-5-6-18-10/h3-7H2,1-2H3. The molecular weight excluding hydrogens is 251 g/mol. The van der Waals surface area contributed by atoms with Crippen molar-refractivity contribution in [1.82, 2.24) is 4.90 Å². The summed E-state index contributed by atoms with van der Waals surface area (Å²) in [6, 6.07) is 0. The molecule has 7 heteroatoms. The second-order valence-corrected chi connectivity index (χ2v) is 5.21. The van der Waals surface area contributed by atoms with Gasteiger partial charge in [0.15, 0.2) is 5.79 Å². The van der Waals surface area contributed by atoms with E-state index in [4.69, 9.17) is 9.47 Å². The van der Waals surface area contributed by atoms with Gasteiger partial charge in [-0.05, 0) is 13.8 Å². The molecule has 2 aliphatic heterocycles. The number of hydrogen-bond donors (Lipinski definition) is 0. The van der Waals surface area contributed by atoms with Gasteiger partial charge in [-0.25, -0.2) is 0 Å². The molecule has 2 heterocycles. The number of halogens is 3. The lowest BCUT2D eigenvalue weighted by atomic mass is 9.91. The van der Waals surface area contributed by atoms with Crippen molar-refractivity contribution >= 4 is 5.91 Å². The van der Waals surface area contributed by atoms with Crippen LogP contribution in [-0.4, -0.2) is 49.1 Å². The first kappa shape index (κ1) is 13.6. The second kappa shape index (κ2) is 4.09. The average molecular weight is 267 g/mol. The molecule has 2 fully saturated rings. The average Bonchev–Trinajstić information content (AvgIpc) is 2.87. The molecule has 18 heavy (non-hydrogen) atoms. The van der Waals surface area contributed by atoms with Crippen molar-refractivity contribution in [2.45, 2.75) is 32.2 Å². The highest BCUT2D eigenvalue weighted by atomic mass is 19.4. The Balaban J connectivity index is 2.08. The van der Waals surface area contributed by atoms with Crippen LogP contribution >= 0.6 is 0 Å². The minimum absolute atomic E-state index is 0.0747. The van der Waals surface area contributed by atoms with Crippen LogP contribution in [0.3, 0.4) is 0 Å². The normalized spacial score (nSPS) is 23.9. The number of carbonyl (C=O) groups excluding carboxylic acids is 1. The van der Waals surface area contributed by atoms with Gasteiger partial charge in [0.2, 0.25) is 5.91 Å². The van der Waals surface area contributed by atoms with E-state index < -0.39 is 23.3 Å². The molecule has 0 aromatic carbocycles. The van der Waals surface area contributed by atoms with E-state index in [-0.39, 0.29) is 13.1 Å². The molecule has 4 nitrogen and oxygen atoms in total. The Kier molecular flexibility index (Phi) is 3.09. The van der Waals surface area contributed by atoms with Crippen LogP contribution < -0.4 is 0 Å². The van der Waals surface area contributed by atoms with E-state index >= 15 is 0 Å². The molecule has 2 rings (SSSR count). The number of nitrogens with zero attached hydrogens (tertiary/aromatic N) is 1. The maximum Gasteiger partial charge on any atom is 0.402 e. The molecule has 0 radical (unpaired) electrons. The Morgan fingerprint density at radius 2 is 1.78 bits per heavy atom. The summed E-state index contributed by atoms with van der Waals surface area (Å²) in [5.41, 5.74) is -2.38. The van der Waals surface area contributed by atoms with Crippen molar-refractivity contribution < 1.29 is 27.4 Å². The van der Waals surface area contributed by atoms with Gasteiger partial charge in [-0.1, -0.05) is 0 Å². The van der Waals surface area contributed by atoms with Gasteiger partial charge >= 0.3 is 6.18 Å². The monoisotopic (exact) mass is 267 g/mol. The predicted molar refractivity (Wildman–Crippen MR) is 55.7 cm³/mol. The van der Waals surface area contributed by atoms with Crippen LogP contribution in [0.4, 0.5) is 13.2 Å². The highest BCUT2D eigenvalue weighted by Crippen LogP contribution is 2.41. The molecule has 1 spiro atoms. The summed E-state index contributed by atoms with van der Waals surface area (Å²) in [4.78, 5) is 13.1. The molecule has 1 amide bonds. The van der Waals surface area contributed by atoms with Crippen molar-refractivity contribution in [3.63, 3.8) is 0 Å². The Morgan fingerprint density at radius 3 is 2.28 bits per heavy atom. The van der Waals surface area contributed by atoms with E-state index in [0.717, 1.165) is 13.8 Å². The summed E-state index contributed by atoms with van der Waals surface area (Å²) >= 11 is 0. The van der Waals surface area contributed by atoms with Gasteiger partial charge in [0, 0.05) is 13.0 Å². The predicted octanol–water partition coefficient (Wildman–Crippen LogP) is 1.55.